The van der Waals surface area contributed by atoms with Crippen molar-refractivity contribution >= 4 is 11.8 Å². The number of hydrogen-bond donors (Lipinski definition) is 2. The average molecular weight is 317 g/mol. The van der Waals surface area contributed by atoms with Crippen molar-refractivity contribution in [2.24, 2.45) is 11.8 Å². The zero-order chi connectivity index (χ0) is 16.7. The first kappa shape index (κ1) is 17.4. The van der Waals surface area contributed by atoms with E-state index in [0.717, 1.165) is 12.1 Å². The van der Waals surface area contributed by atoms with Gasteiger partial charge in [0.15, 0.2) is 0 Å². The van der Waals surface area contributed by atoms with Crippen molar-refractivity contribution in [2.45, 2.75) is 58.5 Å². The van der Waals surface area contributed by atoms with Crippen molar-refractivity contribution in [1.82, 2.24) is 15.6 Å². The van der Waals surface area contributed by atoms with E-state index in [1.807, 2.05) is 18.2 Å². The second kappa shape index (κ2) is 8.65. The van der Waals surface area contributed by atoms with Crippen molar-refractivity contribution in [3.63, 3.8) is 0 Å². The minimum Gasteiger partial charge on any atom is -0.353 e. The van der Waals surface area contributed by atoms with Crippen LogP contribution in [0.1, 0.15) is 51.6 Å². The highest BCUT2D eigenvalue weighted by Gasteiger charge is 2.27. The van der Waals surface area contributed by atoms with E-state index < -0.39 is 0 Å². The first-order chi connectivity index (χ1) is 11.1. The number of pyridine rings is 1. The third-order valence-corrected chi connectivity index (χ3v) is 4.83. The molecule has 2 rings (SSSR count). The Morgan fingerprint density at radius 2 is 1.96 bits per heavy atom. The molecule has 2 amide bonds. The highest BCUT2D eigenvalue weighted by molar-refractivity contribution is 5.83. The van der Waals surface area contributed by atoms with E-state index in [-0.39, 0.29) is 30.7 Å². The molecular weight excluding hydrogens is 290 g/mol. The van der Waals surface area contributed by atoms with Crippen LogP contribution >= 0.6 is 0 Å². The molecule has 3 atom stereocenters. The predicted octanol–water partition coefficient (Wildman–Crippen LogP) is 2.42. The van der Waals surface area contributed by atoms with Crippen molar-refractivity contribution in [3.05, 3.63) is 30.1 Å². The molecule has 2 N–H and O–H groups in total. The van der Waals surface area contributed by atoms with Crippen LogP contribution in [0.5, 0.6) is 0 Å². The summed E-state index contributed by atoms with van der Waals surface area (Å²) in [6.45, 7) is 4.85. The largest absolute Gasteiger partial charge is 0.353 e. The Labute approximate surface area is 138 Å². The molecule has 0 aliphatic heterocycles. The van der Waals surface area contributed by atoms with E-state index in [1.54, 1.807) is 6.20 Å². The summed E-state index contributed by atoms with van der Waals surface area (Å²) in [7, 11) is 0. The maximum absolute atomic E-state index is 12.0. The molecule has 1 aromatic rings. The molecule has 0 radical (unpaired) electrons. The van der Waals surface area contributed by atoms with Gasteiger partial charge in [0.1, 0.15) is 0 Å². The predicted molar refractivity (Wildman–Crippen MR) is 89.4 cm³/mol. The Balaban J connectivity index is 1.66. The molecule has 5 heteroatoms. The maximum Gasteiger partial charge on any atom is 0.220 e. The molecule has 1 fully saturated rings. The van der Waals surface area contributed by atoms with E-state index >= 15 is 0 Å². The number of carbonyl (C=O) groups excluding carboxylic acids is 2. The van der Waals surface area contributed by atoms with Gasteiger partial charge in [0, 0.05) is 25.1 Å². The first-order valence-corrected chi connectivity index (χ1v) is 8.52. The van der Waals surface area contributed by atoms with Crippen LogP contribution in [0.15, 0.2) is 24.4 Å². The number of aromatic nitrogens is 1. The third kappa shape index (κ3) is 5.66. The molecule has 0 unspecified atom stereocenters. The second-order valence-corrected chi connectivity index (χ2v) is 6.54. The topological polar surface area (TPSA) is 71.1 Å². The number of nitrogens with zero attached hydrogens (tertiary/aromatic N) is 1. The Morgan fingerprint density at radius 1 is 1.17 bits per heavy atom. The van der Waals surface area contributed by atoms with E-state index in [1.165, 1.54) is 12.8 Å². The van der Waals surface area contributed by atoms with Crippen LogP contribution in [0.2, 0.25) is 0 Å². The fraction of sp³-hybridized carbons (Fsp3) is 0.611. The summed E-state index contributed by atoms with van der Waals surface area (Å²) in [5.74, 6) is 1.02. The SMILES string of the molecule is C[C@H]1[C@H](C)CCC[C@@H]1NC(=O)CCC(=O)NCc1ccccn1. The summed E-state index contributed by atoms with van der Waals surface area (Å²) in [4.78, 5) is 28.0. The molecule has 23 heavy (non-hydrogen) atoms. The van der Waals surface area contributed by atoms with Crippen LogP contribution in [-0.4, -0.2) is 22.8 Å². The minimum absolute atomic E-state index is 0.0241. The van der Waals surface area contributed by atoms with Gasteiger partial charge in [0.25, 0.3) is 0 Å². The van der Waals surface area contributed by atoms with Gasteiger partial charge in [-0.2, -0.15) is 0 Å². The normalized spacial score (nSPS) is 24.0. The summed E-state index contributed by atoms with van der Waals surface area (Å²) in [5.41, 5.74) is 0.815. The van der Waals surface area contributed by atoms with Crippen LogP contribution in [-0.2, 0) is 16.1 Å². The van der Waals surface area contributed by atoms with Gasteiger partial charge in [0.2, 0.25) is 11.8 Å². The molecule has 1 aliphatic rings. The average Bonchev–Trinajstić information content (AvgIpc) is 2.56. The number of nitrogens with one attached hydrogen (secondary N) is 2. The van der Waals surface area contributed by atoms with Gasteiger partial charge in [0.05, 0.1) is 12.2 Å². The molecule has 0 bridgehead atoms. The van der Waals surface area contributed by atoms with E-state index in [4.69, 9.17) is 0 Å². The molecule has 126 valence electrons. The molecule has 0 spiro atoms. The molecule has 5 nitrogen and oxygen atoms in total. The van der Waals surface area contributed by atoms with Gasteiger partial charge in [-0.25, -0.2) is 0 Å². The van der Waals surface area contributed by atoms with Crippen LogP contribution in [0.25, 0.3) is 0 Å². The monoisotopic (exact) mass is 317 g/mol. The fourth-order valence-electron chi connectivity index (χ4n) is 3.07. The molecule has 1 aliphatic carbocycles. The van der Waals surface area contributed by atoms with E-state index in [9.17, 15) is 9.59 Å². The third-order valence-electron chi connectivity index (χ3n) is 4.83. The maximum atomic E-state index is 12.0. The minimum atomic E-state index is -0.115. The Bertz CT molecular complexity index is 518. The van der Waals surface area contributed by atoms with Gasteiger partial charge in [-0.05, 0) is 30.4 Å². The van der Waals surface area contributed by atoms with Crippen molar-refractivity contribution in [2.75, 3.05) is 0 Å². The molecular formula is C18H27N3O2. The Kier molecular flexibility index (Phi) is 6.56. The zero-order valence-corrected chi connectivity index (χ0v) is 14.0. The van der Waals surface area contributed by atoms with Crippen LogP contribution < -0.4 is 10.6 Å². The van der Waals surface area contributed by atoms with Gasteiger partial charge >= 0.3 is 0 Å². The Morgan fingerprint density at radius 3 is 2.70 bits per heavy atom. The van der Waals surface area contributed by atoms with Crippen molar-refractivity contribution in [3.8, 4) is 0 Å². The highest BCUT2D eigenvalue weighted by atomic mass is 16.2. The van der Waals surface area contributed by atoms with Gasteiger partial charge in [-0.15, -0.1) is 0 Å². The summed E-state index contributed by atoms with van der Waals surface area (Å²) >= 11 is 0. The number of hydrogen-bond acceptors (Lipinski definition) is 3. The van der Waals surface area contributed by atoms with Crippen LogP contribution in [0.3, 0.4) is 0 Å². The lowest BCUT2D eigenvalue weighted by Crippen LogP contribution is -2.43. The van der Waals surface area contributed by atoms with Crippen molar-refractivity contribution in [1.29, 1.82) is 0 Å². The lowest BCUT2D eigenvalue weighted by atomic mass is 9.78. The standard InChI is InChI=1S/C18H27N3O2/c1-13-6-5-8-16(14(13)2)21-18(23)10-9-17(22)20-12-15-7-3-4-11-19-15/h3-4,7,11,13-14,16H,5-6,8-10,12H2,1-2H3,(H,20,22)(H,21,23)/t13-,14+,16+/m1/s1. The van der Waals surface area contributed by atoms with Crippen LogP contribution in [0.4, 0.5) is 0 Å². The molecule has 1 saturated carbocycles. The summed E-state index contributed by atoms with van der Waals surface area (Å²) in [5, 5.41) is 5.89. The summed E-state index contributed by atoms with van der Waals surface area (Å²) in [6, 6.07) is 5.83. The number of amides is 2. The zero-order valence-electron chi connectivity index (χ0n) is 14.0. The molecule has 0 saturated heterocycles. The lowest BCUT2D eigenvalue weighted by Gasteiger charge is -2.34. The quantitative estimate of drug-likeness (QED) is 0.846. The fourth-order valence-corrected chi connectivity index (χ4v) is 3.07. The molecule has 1 heterocycles. The number of carbonyl (C=O) groups is 2. The summed E-state index contributed by atoms with van der Waals surface area (Å²) in [6.07, 6.45) is 5.61. The number of rotatable bonds is 6. The van der Waals surface area contributed by atoms with Gasteiger partial charge in [-0.3, -0.25) is 14.6 Å². The van der Waals surface area contributed by atoms with Crippen LogP contribution in [0, 0.1) is 11.8 Å². The second-order valence-electron chi connectivity index (χ2n) is 6.54. The molecule has 1 aromatic heterocycles. The molecule has 0 aromatic carbocycles. The van der Waals surface area contributed by atoms with Gasteiger partial charge < -0.3 is 10.6 Å². The first-order valence-electron chi connectivity index (χ1n) is 8.52. The van der Waals surface area contributed by atoms with Gasteiger partial charge in [-0.1, -0.05) is 32.8 Å². The van der Waals surface area contributed by atoms with E-state index in [2.05, 4.69) is 29.5 Å². The Hall–Kier alpha value is -1.91. The highest BCUT2D eigenvalue weighted by Crippen LogP contribution is 2.29. The van der Waals surface area contributed by atoms with E-state index in [0.29, 0.717) is 18.4 Å². The smallest absolute Gasteiger partial charge is 0.220 e. The van der Waals surface area contributed by atoms with Crippen molar-refractivity contribution < 1.29 is 9.59 Å². The summed E-state index contributed by atoms with van der Waals surface area (Å²) < 4.78 is 0. The lowest BCUT2D eigenvalue weighted by molar-refractivity contribution is -0.127.